The van der Waals surface area contributed by atoms with Crippen LogP contribution in [0.2, 0.25) is 0 Å². The Labute approximate surface area is 148 Å². The van der Waals surface area contributed by atoms with Gasteiger partial charge in [0.05, 0.1) is 17.9 Å². The Bertz CT molecular complexity index is 782. The van der Waals surface area contributed by atoms with Crippen LogP contribution in [0.1, 0.15) is 59.4 Å². The van der Waals surface area contributed by atoms with Crippen LogP contribution in [0.15, 0.2) is 15.2 Å². The molecule has 0 aromatic carbocycles. The fraction of sp³-hybridized carbons (Fsp3) is 0.529. The van der Waals surface area contributed by atoms with E-state index in [1.54, 1.807) is 0 Å². The standard InChI is InChI=1S/C17H20BrN3O3/c1-9-6-12-15(10(2)23-9)19-20-16(12)17(22)21-5-3-4-13-11(8-21)7-14(18)24-13/h7,9-10H,3-6,8H2,1-2H3,(H,19,20)/t9-,10+/m1/s1. The minimum atomic E-state index is -0.0571. The van der Waals surface area contributed by atoms with Gasteiger partial charge < -0.3 is 14.1 Å². The van der Waals surface area contributed by atoms with Gasteiger partial charge in [0.25, 0.3) is 5.91 Å². The summed E-state index contributed by atoms with van der Waals surface area (Å²) in [7, 11) is 0. The van der Waals surface area contributed by atoms with Gasteiger partial charge in [-0.1, -0.05) is 0 Å². The van der Waals surface area contributed by atoms with Crippen LogP contribution >= 0.6 is 15.9 Å². The summed E-state index contributed by atoms with van der Waals surface area (Å²) in [4.78, 5) is 14.9. The lowest BCUT2D eigenvalue weighted by molar-refractivity contribution is -0.00702. The molecule has 24 heavy (non-hydrogen) atoms. The number of aromatic nitrogens is 2. The number of amides is 1. The van der Waals surface area contributed by atoms with Gasteiger partial charge in [-0.3, -0.25) is 9.89 Å². The second-order valence-electron chi connectivity index (χ2n) is 6.59. The molecule has 6 nitrogen and oxygen atoms in total. The molecule has 0 saturated carbocycles. The van der Waals surface area contributed by atoms with Crippen LogP contribution in [-0.4, -0.2) is 33.7 Å². The number of carbonyl (C=O) groups is 1. The molecule has 0 spiro atoms. The molecule has 4 rings (SSSR count). The highest BCUT2D eigenvalue weighted by Gasteiger charge is 2.32. The van der Waals surface area contributed by atoms with E-state index in [1.165, 1.54) is 0 Å². The third-order valence-electron chi connectivity index (χ3n) is 4.78. The minimum absolute atomic E-state index is 0.0148. The van der Waals surface area contributed by atoms with Crippen molar-refractivity contribution in [3.8, 4) is 0 Å². The Morgan fingerprint density at radius 1 is 1.46 bits per heavy atom. The molecule has 2 aromatic rings. The van der Waals surface area contributed by atoms with Crippen molar-refractivity contribution in [2.75, 3.05) is 6.54 Å². The van der Waals surface area contributed by atoms with Crippen molar-refractivity contribution in [1.82, 2.24) is 15.1 Å². The molecular formula is C17H20BrN3O3. The number of furan rings is 1. The first-order valence-electron chi connectivity index (χ1n) is 8.32. The smallest absolute Gasteiger partial charge is 0.274 e. The van der Waals surface area contributed by atoms with Crippen LogP contribution in [0.25, 0.3) is 0 Å². The molecule has 4 heterocycles. The van der Waals surface area contributed by atoms with Crippen molar-refractivity contribution in [3.05, 3.63) is 39.0 Å². The predicted octanol–water partition coefficient (Wildman–Crippen LogP) is 3.38. The number of rotatable bonds is 1. The number of fused-ring (bicyclic) bond motifs is 2. The van der Waals surface area contributed by atoms with Crippen LogP contribution in [0.4, 0.5) is 0 Å². The maximum Gasteiger partial charge on any atom is 0.274 e. The van der Waals surface area contributed by atoms with E-state index in [0.29, 0.717) is 25.2 Å². The number of aromatic amines is 1. The molecule has 2 aromatic heterocycles. The Kier molecular flexibility index (Phi) is 4.00. The van der Waals surface area contributed by atoms with Crippen molar-refractivity contribution in [2.45, 2.75) is 51.9 Å². The molecule has 128 valence electrons. The molecule has 0 bridgehead atoms. The quantitative estimate of drug-likeness (QED) is 0.805. The lowest BCUT2D eigenvalue weighted by Gasteiger charge is -2.26. The van der Waals surface area contributed by atoms with E-state index in [0.717, 1.165) is 40.1 Å². The summed E-state index contributed by atoms with van der Waals surface area (Å²) in [6, 6.07) is 1.96. The number of hydrogen-bond donors (Lipinski definition) is 1. The molecule has 0 unspecified atom stereocenters. The molecule has 1 N–H and O–H groups in total. The Morgan fingerprint density at radius 3 is 3.12 bits per heavy atom. The zero-order chi connectivity index (χ0) is 16.8. The number of carbonyl (C=O) groups excluding carboxylic acids is 1. The fourth-order valence-electron chi connectivity index (χ4n) is 3.66. The minimum Gasteiger partial charge on any atom is -0.454 e. The van der Waals surface area contributed by atoms with Gasteiger partial charge >= 0.3 is 0 Å². The maximum atomic E-state index is 13.1. The molecule has 7 heteroatoms. The van der Waals surface area contributed by atoms with Gasteiger partial charge in [0.2, 0.25) is 0 Å². The van der Waals surface area contributed by atoms with E-state index in [-0.39, 0.29) is 18.1 Å². The lowest BCUT2D eigenvalue weighted by atomic mass is 9.99. The summed E-state index contributed by atoms with van der Waals surface area (Å²) >= 11 is 3.37. The summed E-state index contributed by atoms with van der Waals surface area (Å²) in [6.07, 6.45) is 2.50. The van der Waals surface area contributed by atoms with Crippen LogP contribution < -0.4 is 0 Å². The zero-order valence-corrected chi connectivity index (χ0v) is 15.4. The first kappa shape index (κ1) is 15.9. The van der Waals surface area contributed by atoms with Crippen LogP contribution in [-0.2, 0) is 24.1 Å². The Balaban J connectivity index is 1.63. The zero-order valence-electron chi connectivity index (χ0n) is 13.8. The number of nitrogens with zero attached hydrogens (tertiary/aromatic N) is 2. The van der Waals surface area contributed by atoms with Gasteiger partial charge in [0.1, 0.15) is 5.76 Å². The van der Waals surface area contributed by atoms with E-state index >= 15 is 0 Å². The molecule has 0 aliphatic carbocycles. The number of hydrogen-bond acceptors (Lipinski definition) is 4. The molecule has 1 amide bonds. The van der Waals surface area contributed by atoms with E-state index in [1.807, 2.05) is 24.8 Å². The van der Waals surface area contributed by atoms with Crippen molar-refractivity contribution >= 4 is 21.8 Å². The van der Waals surface area contributed by atoms with Gasteiger partial charge in [0, 0.05) is 37.1 Å². The summed E-state index contributed by atoms with van der Waals surface area (Å²) in [5, 5.41) is 7.33. The van der Waals surface area contributed by atoms with Crippen LogP contribution in [0, 0.1) is 0 Å². The van der Waals surface area contributed by atoms with Crippen LogP contribution in [0.3, 0.4) is 0 Å². The van der Waals surface area contributed by atoms with Gasteiger partial charge in [-0.05, 0) is 42.3 Å². The van der Waals surface area contributed by atoms with Crippen molar-refractivity contribution in [3.63, 3.8) is 0 Å². The maximum absolute atomic E-state index is 13.1. The second kappa shape index (κ2) is 6.04. The number of aryl methyl sites for hydroxylation is 1. The highest BCUT2D eigenvalue weighted by molar-refractivity contribution is 9.10. The predicted molar refractivity (Wildman–Crippen MR) is 90.7 cm³/mol. The highest BCUT2D eigenvalue weighted by atomic mass is 79.9. The first-order valence-corrected chi connectivity index (χ1v) is 9.11. The van der Waals surface area contributed by atoms with Crippen molar-refractivity contribution in [1.29, 1.82) is 0 Å². The molecule has 2 aliphatic heterocycles. The number of H-pyrrole nitrogens is 1. The van der Waals surface area contributed by atoms with E-state index < -0.39 is 0 Å². The number of halogens is 1. The topological polar surface area (TPSA) is 71.4 Å². The molecular weight excluding hydrogens is 374 g/mol. The Hall–Kier alpha value is -1.60. The monoisotopic (exact) mass is 393 g/mol. The van der Waals surface area contributed by atoms with Gasteiger partial charge in [0.15, 0.2) is 10.4 Å². The summed E-state index contributed by atoms with van der Waals surface area (Å²) in [6.45, 7) is 5.29. The van der Waals surface area contributed by atoms with E-state index in [9.17, 15) is 4.79 Å². The fourth-order valence-corrected chi connectivity index (χ4v) is 4.14. The van der Waals surface area contributed by atoms with E-state index in [4.69, 9.17) is 9.15 Å². The Morgan fingerprint density at radius 2 is 2.29 bits per heavy atom. The first-order chi connectivity index (χ1) is 11.5. The van der Waals surface area contributed by atoms with Crippen LogP contribution in [0.5, 0.6) is 0 Å². The van der Waals surface area contributed by atoms with Gasteiger partial charge in [-0.2, -0.15) is 5.10 Å². The largest absolute Gasteiger partial charge is 0.454 e. The highest BCUT2D eigenvalue weighted by Crippen LogP contribution is 2.32. The summed E-state index contributed by atoms with van der Waals surface area (Å²) in [5.41, 5.74) is 3.54. The number of nitrogens with one attached hydrogen (secondary N) is 1. The lowest BCUT2D eigenvalue weighted by Crippen LogP contribution is -2.32. The summed E-state index contributed by atoms with van der Waals surface area (Å²) < 4.78 is 12.2. The summed E-state index contributed by atoms with van der Waals surface area (Å²) in [5.74, 6) is 0.954. The normalized spacial score (nSPS) is 23.5. The van der Waals surface area contributed by atoms with Gasteiger partial charge in [-0.25, -0.2) is 0 Å². The SMILES string of the molecule is C[C@@H]1Cc2c(C(=O)N3CCCc4oc(Br)cc4C3)n[nH]c2[C@H](C)O1. The third-order valence-corrected chi connectivity index (χ3v) is 5.17. The molecule has 2 atom stereocenters. The van der Waals surface area contributed by atoms with Gasteiger partial charge in [-0.15, -0.1) is 0 Å². The third kappa shape index (κ3) is 2.69. The molecule has 0 fully saturated rings. The second-order valence-corrected chi connectivity index (χ2v) is 7.37. The molecule has 0 saturated heterocycles. The van der Waals surface area contributed by atoms with Crippen molar-refractivity contribution < 1.29 is 13.9 Å². The number of ether oxygens (including phenoxy) is 1. The van der Waals surface area contributed by atoms with E-state index in [2.05, 4.69) is 26.1 Å². The van der Waals surface area contributed by atoms with Crippen molar-refractivity contribution in [2.24, 2.45) is 0 Å². The molecule has 2 aliphatic rings. The molecule has 0 radical (unpaired) electrons. The average molecular weight is 394 g/mol. The average Bonchev–Trinajstić information content (AvgIpc) is 3.04.